The molecule has 0 aliphatic carbocycles. The van der Waals surface area contributed by atoms with Crippen LogP contribution in [0.25, 0.3) is 11.1 Å². The van der Waals surface area contributed by atoms with Gasteiger partial charge >= 0.3 is 12.3 Å². The Hall–Kier alpha value is -4.58. The van der Waals surface area contributed by atoms with Crippen LogP contribution in [0.3, 0.4) is 0 Å². The highest BCUT2D eigenvalue weighted by molar-refractivity contribution is 6.05. The maximum Gasteiger partial charge on any atom is 0.417 e. The standard InChI is InChI=1S/C35H39F3N4O5/c1-21(2)42(29-20-40(33(45)46)15-13-25(29)24-12-8-11-23(17-24)22-9-6-5-7-10-22)31(43)26-18-28-30(19-27(26)35(36,37)38)47-34(3,4)32(44)41(28)16-14-39/h5-12,17-19,21,25,29H,13-16,20,39H2,1-4H3,(H,45,46)/t25-,29+/m1/s1. The Kier molecular flexibility index (Phi) is 9.27. The Labute approximate surface area is 271 Å². The summed E-state index contributed by atoms with van der Waals surface area (Å²) in [6.45, 7) is 6.43. The first-order valence-corrected chi connectivity index (χ1v) is 15.6. The zero-order valence-corrected chi connectivity index (χ0v) is 26.8. The zero-order chi connectivity index (χ0) is 34.3. The largest absolute Gasteiger partial charge is 0.476 e. The molecule has 47 heavy (non-hydrogen) atoms. The third-order valence-electron chi connectivity index (χ3n) is 8.83. The molecule has 0 bridgehead atoms. The van der Waals surface area contributed by atoms with E-state index in [1.807, 2.05) is 54.6 Å². The Morgan fingerprint density at radius 3 is 2.36 bits per heavy atom. The zero-order valence-electron chi connectivity index (χ0n) is 26.8. The number of carbonyl (C=O) groups excluding carboxylic acids is 2. The van der Waals surface area contributed by atoms with Crippen LogP contribution in [0, 0.1) is 0 Å². The van der Waals surface area contributed by atoms with E-state index in [1.54, 1.807) is 13.8 Å². The minimum atomic E-state index is -4.95. The van der Waals surface area contributed by atoms with E-state index in [-0.39, 0.29) is 43.5 Å². The van der Waals surface area contributed by atoms with Crippen LogP contribution in [0.1, 0.15) is 61.5 Å². The summed E-state index contributed by atoms with van der Waals surface area (Å²) in [4.78, 5) is 43.7. The number of nitrogens with zero attached hydrogens (tertiary/aromatic N) is 3. The number of ether oxygens (including phenoxy) is 1. The van der Waals surface area contributed by atoms with Gasteiger partial charge in [0.2, 0.25) is 0 Å². The van der Waals surface area contributed by atoms with Gasteiger partial charge in [0.25, 0.3) is 11.8 Å². The number of alkyl halides is 3. The first-order chi connectivity index (χ1) is 22.1. The summed E-state index contributed by atoms with van der Waals surface area (Å²) in [5.74, 6) is -2.00. The van der Waals surface area contributed by atoms with Gasteiger partial charge in [-0.1, -0.05) is 54.6 Å². The molecular weight excluding hydrogens is 613 g/mol. The molecule has 2 heterocycles. The average Bonchev–Trinajstić information content (AvgIpc) is 3.02. The van der Waals surface area contributed by atoms with Crippen molar-refractivity contribution in [2.75, 3.05) is 31.1 Å². The number of carbonyl (C=O) groups is 3. The van der Waals surface area contributed by atoms with Crippen LogP contribution in [-0.2, 0) is 11.0 Å². The predicted molar refractivity (Wildman–Crippen MR) is 171 cm³/mol. The first kappa shape index (κ1) is 33.8. The molecule has 3 aromatic carbocycles. The summed E-state index contributed by atoms with van der Waals surface area (Å²) in [7, 11) is 0. The Morgan fingerprint density at radius 1 is 1.06 bits per heavy atom. The number of anilines is 1. The summed E-state index contributed by atoms with van der Waals surface area (Å²) < 4.78 is 49.8. The smallest absolute Gasteiger partial charge is 0.417 e. The van der Waals surface area contributed by atoms with Crippen LogP contribution in [0.5, 0.6) is 5.75 Å². The van der Waals surface area contributed by atoms with E-state index in [0.29, 0.717) is 6.42 Å². The number of rotatable bonds is 7. The second kappa shape index (κ2) is 12.9. The van der Waals surface area contributed by atoms with Crippen LogP contribution in [0.15, 0.2) is 66.7 Å². The summed E-state index contributed by atoms with van der Waals surface area (Å²) in [5, 5.41) is 9.92. The van der Waals surface area contributed by atoms with Crippen molar-refractivity contribution in [2.24, 2.45) is 5.73 Å². The number of benzene rings is 3. The normalized spacial score (nSPS) is 19.3. The average molecular weight is 653 g/mol. The molecule has 9 nitrogen and oxygen atoms in total. The van der Waals surface area contributed by atoms with Gasteiger partial charge in [-0.2, -0.15) is 13.2 Å². The van der Waals surface area contributed by atoms with Gasteiger partial charge in [0.1, 0.15) is 5.75 Å². The fourth-order valence-electron chi connectivity index (χ4n) is 6.64. The number of fused-ring (bicyclic) bond motifs is 1. The lowest BCUT2D eigenvalue weighted by atomic mass is 9.82. The monoisotopic (exact) mass is 652 g/mol. The molecule has 3 aromatic rings. The Bertz CT molecular complexity index is 1660. The van der Waals surface area contributed by atoms with Gasteiger partial charge < -0.3 is 30.3 Å². The second-order valence-electron chi connectivity index (χ2n) is 12.7. The fraction of sp³-hybridized carbons (Fsp3) is 0.400. The van der Waals surface area contributed by atoms with Crippen LogP contribution < -0.4 is 15.4 Å². The van der Waals surface area contributed by atoms with Crippen LogP contribution in [0.4, 0.5) is 23.7 Å². The van der Waals surface area contributed by atoms with Crippen LogP contribution in [-0.4, -0.2) is 76.7 Å². The number of nitrogens with two attached hydrogens (primary N) is 1. The molecule has 3 amide bonds. The molecule has 1 fully saturated rings. The van der Waals surface area contributed by atoms with E-state index in [1.165, 1.54) is 28.5 Å². The number of halogens is 3. The molecule has 0 saturated carbocycles. The molecule has 2 aliphatic rings. The van der Waals surface area contributed by atoms with Gasteiger partial charge in [-0.05, 0) is 62.9 Å². The van der Waals surface area contributed by atoms with E-state index in [9.17, 15) is 32.7 Å². The highest BCUT2D eigenvalue weighted by Crippen LogP contribution is 2.45. The van der Waals surface area contributed by atoms with Crippen molar-refractivity contribution in [1.29, 1.82) is 0 Å². The minimum absolute atomic E-state index is 0.00153. The van der Waals surface area contributed by atoms with Crippen molar-refractivity contribution in [3.05, 3.63) is 83.4 Å². The van der Waals surface area contributed by atoms with E-state index in [0.717, 1.165) is 28.8 Å². The molecule has 3 N–H and O–H groups in total. The summed E-state index contributed by atoms with van der Waals surface area (Å²) >= 11 is 0. The summed E-state index contributed by atoms with van der Waals surface area (Å²) in [5.41, 5.74) is 5.19. The second-order valence-corrected chi connectivity index (χ2v) is 12.7. The van der Waals surface area contributed by atoms with Gasteiger partial charge in [0.15, 0.2) is 5.60 Å². The van der Waals surface area contributed by atoms with Gasteiger partial charge in [0.05, 0.1) is 22.9 Å². The molecule has 2 aliphatic heterocycles. The van der Waals surface area contributed by atoms with E-state index >= 15 is 0 Å². The van der Waals surface area contributed by atoms with Crippen molar-refractivity contribution in [3.63, 3.8) is 0 Å². The minimum Gasteiger partial charge on any atom is -0.476 e. The van der Waals surface area contributed by atoms with Gasteiger partial charge in [-0.25, -0.2) is 4.79 Å². The van der Waals surface area contributed by atoms with E-state index in [2.05, 4.69) is 0 Å². The number of amides is 3. The van der Waals surface area contributed by atoms with Crippen molar-refractivity contribution in [3.8, 4) is 16.9 Å². The molecule has 12 heteroatoms. The lowest BCUT2D eigenvalue weighted by Gasteiger charge is -2.46. The molecule has 5 rings (SSSR count). The van der Waals surface area contributed by atoms with E-state index < -0.39 is 52.9 Å². The van der Waals surface area contributed by atoms with Crippen molar-refractivity contribution in [2.45, 2.75) is 63.9 Å². The topological polar surface area (TPSA) is 116 Å². The Balaban J connectivity index is 1.64. The fourth-order valence-corrected chi connectivity index (χ4v) is 6.64. The summed E-state index contributed by atoms with van der Waals surface area (Å²) in [6.07, 6.45) is -5.77. The molecule has 0 radical (unpaired) electrons. The number of likely N-dealkylation sites (tertiary alicyclic amines) is 1. The maximum absolute atomic E-state index is 14.7. The third kappa shape index (κ3) is 6.64. The molecule has 0 aromatic heterocycles. The van der Waals surface area contributed by atoms with E-state index in [4.69, 9.17) is 10.5 Å². The molecule has 0 spiro atoms. The molecular formula is C35H39F3N4O5. The quantitative estimate of drug-likeness (QED) is 0.313. The predicted octanol–water partition coefficient (Wildman–Crippen LogP) is 6.22. The lowest BCUT2D eigenvalue weighted by Crippen LogP contribution is -2.57. The van der Waals surface area contributed by atoms with Gasteiger partial charge in [-0.3, -0.25) is 9.59 Å². The highest BCUT2D eigenvalue weighted by Gasteiger charge is 2.46. The summed E-state index contributed by atoms with van der Waals surface area (Å²) in [6, 6.07) is 17.8. The van der Waals surface area contributed by atoms with Crippen molar-refractivity contribution < 1.29 is 37.4 Å². The number of hydrogen-bond donors (Lipinski definition) is 2. The molecule has 250 valence electrons. The maximum atomic E-state index is 14.7. The molecule has 2 atom stereocenters. The number of piperidine rings is 1. The SMILES string of the molecule is CC(C)N(C(=O)c1cc2c(cc1C(F)(F)F)OC(C)(C)C(=O)N2CCN)[C@H]1CN(C(=O)O)CC[C@@H]1c1cccc(-c2ccccc2)c1. The van der Waals surface area contributed by atoms with Crippen LogP contribution >= 0.6 is 0 Å². The van der Waals surface area contributed by atoms with Gasteiger partial charge in [0, 0.05) is 38.1 Å². The van der Waals surface area contributed by atoms with Crippen molar-refractivity contribution >= 4 is 23.6 Å². The van der Waals surface area contributed by atoms with Crippen LogP contribution in [0.2, 0.25) is 0 Å². The van der Waals surface area contributed by atoms with Crippen molar-refractivity contribution in [1.82, 2.24) is 9.80 Å². The first-order valence-electron chi connectivity index (χ1n) is 15.6. The number of hydrogen-bond acceptors (Lipinski definition) is 5. The molecule has 0 unspecified atom stereocenters. The number of carboxylic acid groups (broad SMARTS) is 1. The molecule has 1 saturated heterocycles. The third-order valence-corrected chi connectivity index (χ3v) is 8.83. The van der Waals surface area contributed by atoms with Gasteiger partial charge in [-0.15, -0.1) is 0 Å². The Morgan fingerprint density at radius 2 is 1.74 bits per heavy atom. The highest BCUT2D eigenvalue weighted by atomic mass is 19.4. The lowest BCUT2D eigenvalue weighted by molar-refractivity contribution is -0.138.